The summed E-state index contributed by atoms with van der Waals surface area (Å²) >= 11 is 0. The van der Waals surface area contributed by atoms with Crippen molar-refractivity contribution >= 4 is 0 Å². The highest BCUT2D eigenvalue weighted by Gasteiger charge is 2.36. The highest BCUT2D eigenvalue weighted by molar-refractivity contribution is 4.87. The first-order chi connectivity index (χ1) is 7.36. The van der Waals surface area contributed by atoms with Crippen LogP contribution in [-0.2, 0) is 0 Å². The van der Waals surface area contributed by atoms with Crippen LogP contribution >= 0.6 is 0 Å². The van der Waals surface area contributed by atoms with Crippen molar-refractivity contribution in [2.75, 3.05) is 0 Å². The van der Waals surface area contributed by atoms with Gasteiger partial charge in [-0.05, 0) is 42.4 Å². The van der Waals surface area contributed by atoms with E-state index in [0.717, 1.165) is 5.92 Å². The summed E-state index contributed by atoms with van der Waals surface area (Å²) in [4.78, 5) is 0. The van der Waals surface area contributed by atoms with Crippen molar-refractivity contribution in [2.45, 2.75) is 88.0 Å². The summed E-state index contributed by atoms with van der Waals surface area (Å²) in [5, 5.41) is 0. The van der Waals surface area contributed by atoms with Gasteiger partial charge >= 0.3 is 0 Å². The van der Waals surface area contributed by atoms with Gasteiger partial charge in [0.15, 0.2) is 0 Å². The lowest BCUT2D eigenvalue weighted by Crippen LogP contribution is -2.32. The Kier molecular flexibility index (Phi) is 9.35. The van der Waals surface area contributed by atoms with Crippen LogP contribution in [0.3, 0.4) is 0 Å². The number of hydrogen-bond acceptors (Lipinski definition) is 0. The molecule has 0 aromatic rings. The lowest BCUT2D eigenvalue weighted by Gasteiger charge is -2.44. The fraction of sp³-hybridized carbons (Fsp3) is 1.00. The molecule has 0 radical (unpaired) electrons. The Hall–Kier alpha value is 0. The van der Waals surface area contributed by atoms with Gasteiger partial charge in [0, 0.05) is 0 Å². The van der Waals surface area contributed by atoms with Crippen molar-refractivity contribution in [3.8, 4) is 0 Å². The van der Waals surface area contributed by atoms with Crippen LogP contribution in [0.15, 0.2) is 0 Å². The van der Waals surface area contributed by atoms with Gasteiger partial charge in [0.2, 0.25) is 0 Å². The molecule has 1 saturated carbocycles. The molecule has 0 spiro atoms. The van der Waals surface area contributed by atoms with Crippen LogP contribution in [0.5, 0.6) is 0 Å². The third-order valence-corrected chi connectivity index (χ3v) is 4.14. The molecule has 0 aromatic carbocycles. The molecule has 0 amide bonds. The standard InChI is InChI=1S/C12H24.2C2H6/c1-10(2)12(5)8-6-11(3,4)7-9-12;2*1-2/h10H,6-9H2,1-5H3;2*1-2H3. The van der Waals surface area contributed by atoms with E-state index >= 15 is 0 Å². The van der Waals surface area contributed by atoms with Gasteiger partial charge in [-0.2, -0.15) is 0 Å². The summed E-state index contributed by atoms with van der Waals surface area (Å²) in [6, 6.07) is 0. The SMILES string of the molecule is CC.CC.CC(C)C1(C)CCC(C)(C)CC1. The largest absolute Gasteiger partial charge is 0.0683 e. The quantitative estimate of drug-likeness (QED) is 0.494. The normalized spacial score (nSPS) is 21.4. The molecule has 0 unspecified atom stereocenters. The molecule has 1 rings (SSSR count). The van der Waals surface area contributed by atoms with E-state index in [1.54, 1.807) is 0 Å². The fourth-order valence-electron chi connectivity index (χ4n) is 2.08. The lowest BCUT2D eigenvalue weighted by atomic mass is 9.62. The van der Waals surface area contributed by atoms with Gasteiger partial charge < -0.3 is 0 Å². The van der Waals surface area contributed by atoms with E-state index in [1.165, 1.54) is 25.7 Å². The van der Waals surface area contributed by atoms with Gasteiger partial charge in [-0.15, -0.1) is 0 Å². The Morgan fingerprint density at radius 3 is 1.25 bits per heavy atom. The predicted octanol–water partition coefficient (Wildman–Crippen LogP) is 6.30. The van der Waals surface area contributed by atoms with Crippen molar-refractivity contribution in [3.05, 3.63) is 0 Å². The van der Waals surface area contributed by atoms with E-state index in [0.29, 0.717) is 10.8 Å². The highest BCUT2D eigenvalue weighted by atomic mass is 14.4. The van der Waals surface area contributed by atoms with Crippen LogP contribution in [-0.4, -0.2) is 0 Å². The van der Waals surface area contributed by atoms with Crippen LogP contribution in [0.4, 0.5) is 0 Å². The van der Waals surface area contributed by atoms with E-state index in [1.807, 2.05) is 27.7 Å². The lowest BCUT2D eigenvalue weighted by molar-refractivity contribution is 0.0750. The molecule has 0 aromatic heterocycles. The summed E-state index contributed by atoms with van der Waals surface area (Å²) in [6.07, 6.45) is 5.69. The molecule has 0 atom stereocenters. The molecule has 1 fully saturated rings. The van der Waals surface area contributed by atoms with E-state index in [4.69, 9.17) is 0 Å². The minimum atomic E-state index is 0.619. The van der Waals surface area contributed by atoms with Crippen LogP contribution < -0.4 is 0 Å². The molecule has 0 N–H and O–H groups in total. The molecular formula is C16H36. The fourth-order valence-corrected chi connectivity index (χ4v) is 2.08. The second-order valence-electron chi connectivity index (χ2n) is 5.97. The van der Waals surface area contributed by atoms with Crippen molar-refractivity contribution in [2.24, 2.45) is 16.7 Å². The molecular weight excluding hydrogens is 192 g/mol. The monoisotopic (exact) mass is 228 g/mol. The van der Waals surface area contributed by atoms with Crippen molar-refractivity contribution in [3.63, 3.8) is 0 Å². The Morgan fingerprint density at radius 2 is 1.00 bits per heavy atom. The van der Waals surface area contributed by atoms with E-state index in [9.17, 15) is 0 Å². The second-order valence-corrected chi connectivity index (χ2v) is 5.97. The minimum Gasteiger partial charge on any atom is -0.0683 e. The van der Waals surface area contributed by atoms with Gasteiger partial charge in [-0.3, -0.25) is 0 Å². The maximum absolute atomic E-state index is 2.47. The molecule has 0 bridgehead atoms. The van der Waals surface area contributed by atoms with Gasteiger partial charge in [-0.25, -0.2) is 0 Å². The molecule has 100 valence electrons. The summed E-state index contributed by atoms with van der Waals surface area (Å²) < 4.78 is 0. The summed E-state index contributed by atoms with van der Waals surface area (Å²) in [5.41, 5.74) is 1.25. The van der Waals surface area contributed by atoms with Crippen LogP contribution in [0.2, 0.25) is 0 Å². The maximum Gasteiger partial charge on any atom is -0.0302 e. The molecule has 0 heteroatoms. The maximum atomic E-state index is 2.47. The minimum absolute atomic E-state index is 0.619. The van der Waals surface area contributed by atoms with Crippen LogP contribution in [0.25, 0.3) is 0 Å². The predicted molar refractivity (Wildman–Crippen MR) is 77.9 cm³/mol. The number of rotatable bonds is 1. The van der Waals surface area contributed by atoms with Crippen molar-refractivity contribution < 1.29 is 0 Å². The van der Waals surface area contributed by atoms with Gasteiger partial charge in [0.25, 0.3) is 0 Å². The Bertz CT molecular complexity index is 143. The van der Waals surface area contributed by atoms with Crippen LogP contribution in [0, 0.1) is 16.7 Å². The third kappa shape index (κ3) is 5.92. The molecule has 0 heterocycles. The number of hydrogen-bond donors (Lipinski definition) is 0. The average molecular weight is 228 g/mol. The van der Waals surface area contributed by atoms with E-state index < -0.39 is 0 Å². The molecule has 1 aliphatic carbocycles. The van der Waals surface area contributed by atoms with Crippen LogP contribution in [0.1, 0.15) is 88.0 Å². The zero-order chi connectivity index (χ0) is 13.4. The van der Waals surface area contributed by atoms with Crippen molar-refractivity contribution in [1.29, 1.82) is 0 Å². The Balaban J connectivity index is 0. The summed E-state index contributed by atoms with van der Waals surface area (Å²) in [5.74, 6) is 0.855. The van der Waals surface area contributed by atoms with Gasteiger partial charge in [-0.1, -0.05) is 62.3 Å². The van der Waals surface area contributed by atoms with Gasteiger partial charge in [0.1, 0.15) is 0 Å². The Labute approximate surface area is 105 Å². The zero-order valence-electron chi connectivity index (χ0n) is 13.4. The molecule has 0 nitrogen and oxygen atoms in total. The first-order valence-electron chi connectivity index (χ1n) is 7.36. The topological polar surface area (TPSA) is 0 Å². The summed E-state index contributed by atoms with van der Waals surface area (Å²) in [7, 11) is 0. The highest BCUT2D eigenvalue weighted by Crippen LogP contribution is 2.48. The first kappa shape index (κ1) is 18.4. The zero-order valence-corrected chi connectivity index (χ0v) is 13.4. The van der Waals surface area contributed by atoms with E-state index in [2.05, 4.69) is 34.6 Å². The third-order valence-electron chi connectivity index (χ3n) is 4.14. The Morgan fingerprint density at radius 1 is 0.688 bits per heavy atom. The molecule has 0 saturated heterocycles. The van der Waals surface area contributed by atoms with Crippen molar-refractivity contribution in [1.82, 2.24) is 0 Å². The summed E-state index contributed by atoms with van der Waals surface area (Å²) in [6.45, 7) is 20.0. The second kappa shape index (κ2) is 8.14. The van der Waals surface area contributed by atoms with E-state index in [-0.39, 0.29) is 0 Å². The molecule has 16 heavy (non-hydrogen) atoms. The average Bonchev–Trinajstić information content (AvgIpc) is 2.28. The van der Waals surface area contributed by atoms with Gasteiger partial charge in [0.05, 0.1) is 0 Å². The molecule has 1 aliphatic rings. The molecule has 0 aliphatic heterocycles. The smallest absolute Gasteiger partial charge is 0.0302 e. The first-order valence-corrected chi connectivity index (χ1v) is 7.36.